The Labute approximate surface area is 212 Å². The van der Waals surface area contributed by atoms with Crippen LogP contribution in [0.2, 0.25) is 0 Å². The van der Waals surface area contributed by atoms with Crippen LogP contribution in [0.1, 0.15) is 31.0 Å². The lowest BCUT2D eigenvalue weighted by Crippen LogP contribution is -2.41. The summed E-state index contributed by atoms with van der Waals surface area (Å²) in [6.45, 7) is 5.41. The number of rotatable bonds is 11. The van der Waals surface area contributed by atoms with Crippen molar-refractivity contribution in [1.29, 1.82) is 0 Å². The van der Waals surface area contributed by atoms with Gasteiger partial charge in [0.05, 0.1) is 37.5 Å². The van der Waals surface area contributed by atoms with Gasteiger partial charge in [0.2, 0.25) is 5.91 Å². The van der Waals surface area contributed by atoms with Gasteiger partial charge in [-0.1, -0.05) is 35.9 Å². The highest BCUT2D eigenvalue weighted by Crippen LogP contribution is 2.33. The summed E-state index contributed by atoms with van der Waals surface area (Å²) in [5.41, 5.74) is 1.99. The van der Waals surface area contributed by atoms with Crippen molar-refractivity contribution in [3.8, 4) is 17.2 Å². The molecule has 3 aromatic rings. The van der Waals surface area contributed by atoms with Crippen LogP contribution in [0.25, 0.3) is 0 Å². The number of anilines is 1. The fourth-order valence-electron chi connectivity index (χ4n) is 3.70. The van der Waals surface area contributed by atoms with Crippen molar-refractivity contribution in [3.63, 3.8) is 0 Å². The summed E-state index contributed by atoms with van der Waals surface area (Å²) in [6.07, 6.45) is 0. The van der Waals surface area contributed by atoms with Gasteiger partial charge in [-0.15, -0.1) is 0 Å². The summed E-state index contributed by atoms with van der Waals surface area (Å²) < 4.78 is 44.8. The molecule has 0 bridgehead atoms. The van der Waals surface area contributed by atoms with Gasteiger partial charge in [0.1, 0.15) is 12.3 Å². The molecule has 1 N–H and O–H groups in total. The van der Waals surface area contributed by atoms with Gasteiger partial charge < -0.3 is 19.5 Å². The standard InChI is InChI=1S/C27H32N2O6S/c1-6-35-24-10-8-7-9-23(24)29(36(31,32)22-14-11-19(2)12-15-22)18-27(30)28-20(3)21-13-16-25(33-4)26(17-21)34-5/h7-17,20H,6,18H2,1-5H3,(H,28,30)/t20-/m1/s1. The quantitative estimate of drug-likeness (QED) is 0.407. The topological polar surface area (TPSA) is 94.2 Å². The van der Waals surface area contributed by atoms with Gasteiger partial charge in [-0.05, 0) is 62.7 Å². The molecule has 0 fully saturated rings. The Bertz CT molecular complexity index is 1290. The Morgan fingerprint density at radius 2 is 1.61 bits per heavy atom. The number of benzene rings is 3. The SMILES string of the molecule is CCOc1ccccc1N(CC(=O)N[C@H](C)c1ccc(OC)c(OC)c1)S(=O)(=O)c1ccc(C)cc1. The van der Waals surface area contributed by atoms with E-state index in [1.54, 1.807) is 55.6 Å². The number of aryl methyl sites for hydroxylation is 1. The lowest BCUT2D eigenvalue weighted by molar-refractivity contribution is -0.120. The van der Waals surface area contributed by atoms with Crippen molar-refractivity contribution >= 4 is 21.6 Å². The molecule has 36 heavy (non-hydrogen) atoms. The number of para-hydroxylation sites is 2. The number of carbonyl (C=O) groups is 1. The fraction of sp³-hybridized carbons (Fsp3) is 0.296. The van der Waals surface area contributed by atoms with E-state index in [1.165, 1.54) is 19.2 Å². The third kappa shape index (κ3) is 6.09. The van der Waals surface area contributed by atoms with Crippen molar-refractivity contribution in [2.24, 2.45) is 0 Å². The smallest absolute Gasteiger partial charge is 0.264 e. The first kappa shape index (κ1) is 26.9. The maximum absolute atomic E-state index is 13.7. The summed E-state index contributed by atoms with van der Waals surface area (Å²) in [5, 5.41) is 2.89. The van der Waals surface area contributed by atoms with Gasteiger partial charge in [-0.3, -0.25) is 9.10 Å². The number of nitrogens with one attached hydrogen (secondary N) is 1. The molecule has 0 spiro atoms. The summed E-state index contributed by atoms with van der Waals surface area (Å²) in [4.78, 5) is 13.3. The van der Waals surface area contributed by atoms with Gasteiger partial charge in [0.15, 0.2) is 11.5 Å². The predicted molar refractivity (Wildman–Crippen MR) is 139 cm³/mol. The Balaban J connectivity index is 1.93. The zero-order valence-electron chi connectivity index (χ0n) is 21.1. The predicted octanol–water partition coefficient (Wildman–Crippen LogP) is 4.48. The fourth-order valence-corrected chi connectivity index (χ4v) is 5.13. The molecule has 3 rings (SSSR count). The third-order valence-corrected chi connectivity index (χ3v) is 7.39. The third-order valence-electron chi connectivity index (χ3n) is 5.62. The molecule has 8 nitrogen and oxygen atoms in total. The summed E-state index contributed by atoms with van der Waals surface area (Å²) in [5.74, 6) is 1.00. The first-order chi connectivity index (χ1) is 17.2. The molecule has 0 saturated carbocycles. The first-order valence-corrected chi connectivity index (χ1v) is 13.0. The van der Waals surface area contributed by atoms with E-state index in [1.807, 2.05) is 26.8 Å². The molecule has 3 aromatic carbocycles. The second-order valence-electron chi connectivity index (χ2n) is 8.13. The molecule has 192 valence electrons. The van der Waals surface area contributed by atoms with Crippen molar-refractivity contribution in [2.45, 2.75) is 31.7 Å². The maximum Gasteiger partial charge on any atom is 0.264 e. The number of ether oxygens (including phenoxy) is 3. The van der Waals surface area contributed by atoms with Gasteiger partial charge in [0.25, 0.3) is 10.0 Å². The van der Waals surface area contributed by atoms with E-state index in [-0.39, 0.29) is 10.6 Å². The van der Waals surface area contributed by atoms with E-state index in [2.05, 4.69) is 5.32 Å². The minimum absolute atomic E-state index is 0.0835. The first-order valence-electron chi connectivity index (χ1n) is 11.5. The molecule has 1 atom stereocenters. The van der Waals surface area contributed by atoms with E-state index in [0.717, 1.165) is 15.4 Å². The van der Waals surface area contributed by atoms with E-state index in [4.69, 9.17) is 14.2 Å². The van der Waals surface area contributed by atoms with Crippen LogP contribution in [-0.2, 0) is 14.8 Å². The molecule has 0 aliphatic carbocycles. The lowest BCUT2D eigenvalue weighted by Gasteiger charge is -2.27. The molecule has 1 amide bonds. The van der Waals surface area contributed by atoms with E-state index in [9.17, 15) is 13.2 Å². The number of amides is 1. The molecule has 0 saturated heterocycles. The van der Waals surface area contributed by atoms with Crippen LogP contribution >= 0.6 is 0 Å². The van der Waals surface area contributed by atoms with Crippen LogP contribution in [0.15, 0.2) is 71.6 Å². The van der Waals surface area contributed by atoms with Crippen molar-refractivity contribution in [2.75, 3.05) is 31.7 Å². The van der Waals surface area contributed by atoms with Crippen LogP contribution in [0, 0.1) is 6.92 Å². The molecule has 0 aromatic heterocycles. The van der Waals surface area contributed by atoms with Crippen LogP contribution in [0.4, 0.5) is 5.69 Å². The van der Waals surface area contributed by atoms with Gasteiger partial charge in [-0.25, -0.2) is 8.42 Å². The number of carbonyl (C=O) groups excluding carboxylic acids is 1. The van der Waals surface area contributed by atoms with E-state index in [0.29, 0.717) is 23.9 Å². The van der Waals surface area contributed by atoms with Gasteiger partial charge in [0, 0.05) is 0 Å². The molecule has 0 radical (unpaired) electrons. The van der Waals surface area contributed by atoms with Crippen molar-refractivity contribution < 1.29 is 27.4 Å². The minimum atomic E-state index is -4.07. The van der Waals surface area contributed by atoms with Crippen molar-refractivity contribution in [3.05, 3.63) is 77.9 Å². The molecule has 0 heterocycles. The van der Waals surface area contributed by atoms with Crippen molar-refractivity contribution in [1.82, 2.24) is 5.32 Å². The highest BCUT2D eigenvalue weighted by Gasteiger charge is 2.30. The zero-order valence-corrected chi connectivity index (χ0v) is 22.0. The largest absolute Gasteiger partial charge is 0.493 e. The summed E-state index contributed by atoms with van der Waals surface area (Å²) in [7, 11) is -0.987. The van der Waals surface area contributed by atoms with Crippen LogP contribution in [0.5, 0.6) is 17.2 Å². The number of nitrogens with zero attached hydrogens (tertiary/aromatic N) is 1. The van der Waals surface area contributed by atoms with E-state index >= 15 is 0 Å². The molecular weight excluding hydrogens is 480 g/mol. The lowest BCUT2D eigenvalue weighted by atomic mass is 10.1. The monoisotopic (exact) mass is 512 g/mol. The molecule has 0 aliphatic heterocycles. The Hall–Kier alpha value is -3.72. The molecule has 9 heteroatoms. The number of hydrogen-bond donors (Lipinski definition) is 1. The maximum atomic E-state index is 13.7. The van der Waals surface area contributed by atoms with Gasteiger partial charge >= 0.3 is 0 Å². The Morgan fingerprint density at radius 1 is 0.944 bits per heavy atom. The minimum Gasteiger partial charge on any atom is -0.493 e. The molecular formula is C27H32N2O6S. The van der Waals surface area contributed by atoms with Gasteiger partial charge in [-0.2, -0.15) is 0 Å². The number of methoxy groups -OCH3 is 2. The summed E-state index contributed by atoms with van der Waals surface area (Å²) in [6, 6.07) is 18.2. The van der Waals surface area contributed by atoms with Crippen LogP contribution in [0.3, 0.4) is 0 Å². The average Bonchev–Trinajstić information content (AvgIpc) is 2.87. The second kappa shape index (κ2) is 11.8. The zero-order chi connectivity index (χ0) is 26.3. The highest BCUT2D eigenvalue weighted by atomic mass is 32.2. The highest BCUT2D eigenvalue weighted by molar-refractivity contribution is 7.92. The Kier molecular flexibility index (Phi) is 8.82. The Morgan fingerprint density at radius 3 is 2.25 bits per heavy atom. The van der Waals surface area contributed by atoms with Crippen LogP contribution in [-0.4, -0.2) is 41.7 Å². The second-order valence-corrected chi connectivity index (χ2v) is 9.99. The average molecular weight is 513 g/mol. The molecule has 0 unspecified atom stereocenters. The number of hydrogen-bond acceptors (Lipinski definition) is 6. The molecule has 0 aliphatic rings. The van der Waals surface area contributed by atoms with Crippen LogP contribution < -0.4 is 23.8 Å². The number of sulfonamides is 1. The summed E-state index contributed by atoms with van der Waals surface area (Å²) >= 11 is 0. The normalized spacial score (nSPS) is 11.9. The van der Waals surface area contributed by atoms with E-state index < -0.39 is 28.5 Å².